The van der Waals surface area contributed by atoms with E-state index in [1.165, 1.54) is 0 Å². The van der Waals surface area contributed by atoms with E-state index >= 15 is 0 Å². The van der Waals surface area contributed by atoms with Crippen molar-refractivity contribution in [3.05, 3.63) is 0 Å². The lowest BCUT2D eigenvalue weighted by molar-refractivity contribution is -0.136. The van der Waals surface area contributed by atoms with E-state index in [2.05, 4.69) is 10.6 Å². The molecule has 1 saturated carbocycles. The molecule has 112 valence electrons. The van der Waals surface area contributed by atoms with Crippen LogP contribution in [0.15, 0.2) is 0 Å². The maximum absolute atomic E-state index is 12.1. The molecule has 6 nitrogen and oxygen atoms in total. The van der Waals surface area contributed by atoms with Crippen LogP contribution in [0, 0.1) is 5.92 Å². The molecule has 2 aliphatic rings. The smallest absolute Gasteiger partial charge is 0.244 e. The summed E-state index contributed by atoms with van der Waals surface area (Å²) in [5.74, 6) is -0.311. The van der Waals surface area contributed by atoms with Crippen molar-refractivity contribution in [3.63, 3.8) is 0 Å². The number of nitrogens with zero attached hydrogens (tertiary/aromatic N) is 1. The summed E-state index contributed by atoms with van der Waals surface area (Å²) >= 11 is 0. The van der Waals surface area contributed by atoms with Gasteiger partial charge in [0, 0.05) is 19.0 Å². The molecule has 0 radical (unpaired) electrons. The first-order valence-corrected chi connectivity index (χ1v) is 7.44. The lowest BCUT2D eigenvalue weighted by Gasteiger charge is -2.29. The number of hydrogen-bond donors (Lipinski definition) is 2. The average molecular weight is 281 g/mol. The van der Waals surface area contributed by atoms with Gasteiger partial charge in [0.15, 0.2) is 0 Å². The fourth-order valence-electron chi connectivity index (χ4n) is 2.40. The zero-order chi connectivity index (χ0) is 14.5. The van der Waals surface area contributed by atoms with Crippen LogP contribution < -0.4 is 10.6 Å². The van der Waals surface area contributed by atoms with Crippen molar-refractivity contribution in [2.75, 3.05) is 19.6 Å². The molecular formula is C14H23N3O3. The zero-order valence-corrected chi connectivity index (χ0v) is 12.0. The Balaban J connectivity index is 1.69. The molecule has 0 spiro atoms. The predicted molar refractivity (Wildman–Crippen MR) is 73.8 cm³/mol. The van der Waals surface area contributed by atoms with E-state index in [1.54, 1.807) is 11.8 Å². The van der Waals surface area contributed by atoms with Crippen LogP contribution in [0.5, 0.6) is 0 Å². The molecule has 1 aliphatic heterocycles. The van der Waals surface area contributed by atoms with Crippen molar-refractivity contribution in [1.82, 2.24) is 15.5 Å². The highest BCUT2D eigenvalue weighted by Crippen LogP contribution is 2.28. The Morgan fingerprint density at radius 2 is 1.80 bits per heavy atom. The summed E-state index contributed by atoms with van der Waals surface area (Å²) in [7, 11) is 0. The number of carbonyl (C=O) groups excluding carboxylic acids is 3. The largest absolute Gasteiger partial charge is 0.347 e. The lowest BCUT2D eigenvalue weighted by Crippen LogP contribution is -2.50. The van der Waals surface area contributed by atoms with E-state index in [0.29, 0.717) is 0 Å². The Bertz CT molecular complexity index is 387. The first-order valence-electron chi connectivity index (χ1n) is 7.44. The third kappa shape index (κ3) is 4.21. The highest BCUT2D eigenvalue weighted by atomic mass is 16.2. The Kier molecular flexibility index (Phi) is 4.98. The summed E-state index contributed by atoms with van der Waals surface area (Å²) in [6.07, 6.45) is 5.06. The van der Waals surface area contributed by atoms with Crippen LogP contribution in [-0.4, -0.2) is 48.3 Å². The quantitative estimate of drug-likeness (QED) is 0.746. The van der Waals surface area contributed by atoms with E-state index < -0.39 is 6.04 Å². The Morgan fingerprint density at radius 1 is 1.15 bits per heavy atom. The molecule has 0 aromatic carbocycles. The molecule has 1 unspecified atom stereocenters. The molecule has 3 amide bonds. The minimum Gasteiger partial charge on any atom is -0.347 e. The van der Waals surface area contributed by atoms with Crippen LogP contribution >= 0.6 is 0 Å². The van der Waals surface area contributed by atoms with Gasteiger partial charge in [-0.25, -0.2) is 0 Å². The second-order valence-corrected chi connectivity index (χ2v) is 5.67. The van der Waals surface area contributed by atoms with Gasteiger partial charge in [-0.05, 0) is 39.0 Å². The fourth-order valence-corrected chi connectivity index (χ4v) is 2.40. The number of likely N-dealkylation sites (tertiary alicyclic amines) is 1. The molecule has 0 aromatic heterocycles. The van der Waals surface area contributed by atoms with Crippen LogP contribution in [0.4, 0.5) is 0 Å². The standard InChI is InChI=1S/C14H23N3O3/c1-10(14(20)17-7-3-2-4-8-17)16-12(18)9-15-13(19)11-5-6-11/h10-11H,2-9H2,1H3,(H,15,19)(H,16,18). The van der Waals surface area contributed by atoms with E-state index in [1.807, 2.05) is 0 Å². The number of carbonyl (C=O) groups is 3. The molecule has 2 rings (SSSR count). The monoisotopic (exact) mass is 281 g/mol. The predicted octanol–water partition coefficient (Wildman–Crippen LogP) is 0.0298. The highest BCUT2D eigenvalue weighted by molar-refractivity contribution is 5.90. The highest BCUT2D eigenvalue weighted by Gasteiger charge is 2.30. The van der Waals surface area contributed by atoms with Gasteiger partial charge in [0.1, 0.15) is 6.04 Å². The van der Waals surface area contributed by atoms with E-state index in [4.69, 9.17) is 0 Å². The van der Waals surface area contributed by atoms with Crippen molar-refractivity contribution >= 4 is 17.7 Å². The molecular weight excluding hydrogens is 258 g/mol. The maximum Gasteiger partial charge on any atom is 0.244 e. The number of amides is 3. The van der Waals surface area contributed by atoms with Gasteiger partial charge in [-0.1, -0.05) is 0 Å². The minimum absolute atomic E-state index is 0.0356. The van der Waals surface area contributed by atoms with Gasteiger partial charge in [-0.2, -0.15) is 0 Å². The third-order valence-corrected chi connectivity index (χ3v) is 3.79. The van der Waals surface area contributed by atoms with E-state index in [-0.39, 0.29) is 30.2 Å². The average Bonchev–Trinajstić information content (AvgIpc) is 3.29. The van der Waals surface area contributed by atoms with Crippen molar-refractivity contribution in [3.8, 4) is 0 Å². The van der Waals surface area contributed by atoms with E-state index in [0.717, 1.165) is 45.2 Å². The number of rotatable bonds is 5. The third-order valence-electron chi connectivity index (χ3n) is 3.79. The summed E-state index contributed by atoms with van der Waals surface area (Å²) in [4.78, 5) is 37.0. The Hall–Kier alpha value is -1.59. The first kappa shape index (κ1) is 14.8. The van der Waals surface area contributed by atoms with Crippen LogP contribution in [0.3, 0.4) is 0 Å². The molecule has 0 aromatic rings. The fraction of sp³-hybridized carbons (Fsp3) is 0.786. The summed E-state index contributed by atoms with van der Waals surface area (Å²) in [6.45, 7) is 3.19. The molecule has 1 heterocycles. The van der Waals surface area contributed by atoms with Gasteiger partial charge in [0.25, 0.3) is 0 Å². The molecule has 2 N–H and O–H groups in total. The number of nitrogens with one attached hydrogen (secondary N) is 2. The summed E-state index contributed by atoms with van der Waals surface area (Å²) in [5, 5.41) is 5.24. The SMILES string of the molecule is CC(NC(=O)CNC(=O)C1CC1)C(=O)N1CCCCC1. The van der Waals surface area contributed by atoms with Crippen molar-refractivity contribution in [2.45, 2.75) is 45.1 Å². The van der Waals surface area contributed by atoms with Gasteiger partial charge in [-0.15, -0.1) is 0 Å². The molecule has 20 heavy (non-hydrogen) atoms. The van der Waals surface area contributed by atoms with Gasteiger partial charge >= 0.3 is 0 Å². The van der Waals surface area contributed by atoms with E-state index in [9.17, 15) is 14.4 Å². The molecule has 2 fully saturated rings. The normalized spacial score (nSPS) is 20.1. The van der Waals surface area contributed by atoms with Crippen LogP contribution in [0.1, 0.15) is 39.0 Å². The molecule has 1 aliphatic carbocycles. The van der Waals surface area contributed by atoms with Gasteiger partial charge in [0.05, 0.1) is 6.54 Å². The van der Waals surface area contributed by atoms with Gasteiger partial charge in [0.2, 0.25) is 17.7 Å². The van der Waals surface area contributed by atoms with Crippen molar-refractivity contribution in [2.24, 2.45) is 5.92 Å². The topological polar surface area (TPSA) is 78.5 Å². The van der Waals surface area contributed by atoms with Crippen molar-refractivity contribution in [1.29, 1.82) is 0 Å². The summed E-state index contributed by atoms with van der Waals surface area (Å²) < 4.78 is 0. The lowest BCUT2D eigenvalue weighted by atomic mass is 10.1. The first-order chi connectivity index (χ1) is 9.58. The van der Waals surface area contributed by atoms with Gasteiger partial charge < -0.3 is 15.5 Å². The Labute approximate surface area is 119 Å². The van der Waals surface area contributed by atoms with Crippen molar-refractivity contribution < 1.29 is 14.4 Å². The minimum atomic E-state index is -0.529. The second kappa shape index (κ2) is 6.72. The van der Waals surface area contributed by atoms with Crippen LogP contribution in [0.25, 0.3) is 0 Å². The van der Waals surface area contributed by atoms with Crippen LogP contribution in [0.2, 0.25) is 0 Å². The summed E-state index contributed by atoms with van der Waals surface area (Å²) in [5.41, 5.74) is 0. The van der Waals surface area contributed by atoms with Crippen LogP contribution in [-0.2, 0) is 14.4 Å². The Morgan fingerprint density at radius 3 is 2.40 bits per heavy atom. The second-order valence-electron chi connectivity index (χ2n) is 5.67. The maximum atomic E-state index is 12.1. The van der Waals surface area contributed by atoms with Gasteiger partial charge in [-0.3, -0.25) is 14.4 Å². The molecule has 0 bridgehead atoms. The summed E-state index contributed by atoms with van der Waals surface area (Å²) in [6, 6.07) is -0.529. The molecule has 1 atom stereocenters. The zero-order valence-electron chi connectivity index (χ0n) is 12.0. The molecule has 1 saturated heterocycles. The number of piperidine rings is 1. The molecule has 6 heteroatoms. The number of hydrogen-bond acceptors (Lipinski definition) is 3.